The summed E-state index contributed by atoms with van der Waals surface area (Å²) in [6.45, 7) is 16.8. The molecule has 0 N–H and O–H groups in total. The highest BCUT2D eigenvalue weighted by Gasteiger charge is 2.61. The molecule has 3 heteroatoms. The molecule has 3 aliphatic carbocycles. The lowest BCUT2D eigenvalue weighted by atomic mass is 9.46. The zero-order valence-corrected chi connectivity index (χ0v) is 23.5. The standard InChI is InChI=1S/C31H52O3/c1-21(2)10-9-11-22(3)25-14-18-31(7)27-13-12-24(23(4)20-32)29(5,17-16-28(33)34-8)26(27)15-19-30(25,31)6/h20-25H,9-19H2,1-8H3. The Morgan fingerprint density at radius 2 is 1.71 bits per heavy atom. The van der Waals surface area contributed by atoms with E-state index in [0.717, 1.165) is 49.7 Å². The fraction of sp³-hybridized carbons (Fsp3) is 0.871. The van der Waals surface area contributed by atoms with Crippen LogP contribution in [0.1, 0.15) is 119 Å². The van der Waals surface area contributed by atoms with Crippen LogP contribution in [0.4, 0.5) is 0 Å². The molecular weight excluding hydrogens is 420 g/mol. The van der Waals surface area contributed by atoms with Crippen LogP contribution in [0.15, 0.2) is 11.1 Å². The Bertz CT molecular complexity index is 782. The largest absolute Gasteiger partial charge is 0.469 e. The smallest absolute Gasteiger partial charge is 0.305 e. The quantitative estimate of drug-likeness (QED) is 0.183. The Hall–Kier alpha value is -1.12. The molecular formula is C31H52O3. The van der Waals surface area contributed by atoms with Crippen molar-refractivity contribution in [3.05, 3.63) is 11.1 Å². The molecule has 0 heterocycles. The van der Waals surface area contributed by atoms with Crippen molar-refractivity contribution >= 4 is 12.3 Å². The number of ether oxygens (including phenoxy) is 1. The Morgan fingerprint density at radius 1 is 1.00 bits per heavy atom. The van der Waals surface area contributed by atoms with Crippen molar-refractivity contribution in [2.75, 3.05) is 7.11 Å². The fourth-order valence-electron chi connectivity index (χ4n) is 8.88. The van der Waals surface area contributed by atoms with E-state index >= 15 is 0 Å². The second-order valence-electron chi connectivity index (χ2n) is 13.3. The molecule has 3 aliphatic rings. The molecule has 0 radical (unpaired) electrons. The molecule has 0 saturated heterocycles. The summed E-state index contributed by atoms with van der Waals surface area (Å²) in [7, 11) is 1.48. The van der Waals surface area contributed by atoms with Gasteiger partial charge < -0.3 is 9.53 Å². The van der Waals surface area contributed by atoms with Crippen LogP contribution in [-0.2, 0) is 14.3 Å². The SMILES string of the molecule is COC(=O)CCC1(C)C2=C(CCC1C(C)C=O)C1(C)CCC(C(C)CCCC(C)C)C1(C)CC2. The Kier molecular flexibility index (Phi) is 8.46. The van der Waals surface area contributed by atoms with Crippen molar-refractivity contribution < 1.29 is 14.3 Å². The highest BCUT2D eigenvalue weighted by atomic mass is 16.5. The van der Waals surface area contributed by atoms with Gasteiger partial charge in [-0.25, -0.2) is 0 Å². The van der Waals surface area contributed by atoms with E-state index in [1.165, 1.54) is 45.6 Å². The van der Waals surface area contributed by atoms with Gasteiger partial charge in [0.05, 0.1) is 7.11 Å². The first-order valence-corrected chi connectivity index (χ1v) is 14.2. The van der Waals surface area contributed by atoms with Gasteiger partial charge in [-0.2, -0.15) is 0 Å². The van der Waals surface area contributed by atoms with Crippen LogP contribution in [0.5, 0.6) is 0 Å². The monoisotopic (exact) mass is 472 g/mol. The third kappa shape index (κ3) is 4.66. The first-order valence-electron chi connectivity index (χ1n) is 14.2. The van der Waals surface area contributed by atoms with Crippen LogP contribution in [0.3, 0.4) is 0 Å². The number of carbonyl (C=O) groups excluding carboxylic acids is 2. The van der Waals surface area contributed by atoms with E-state index in [4.69, 9.17) is 4.74 Å². The van der Waals surface area contributed by atoms with Gasteiger partial charge in [-0.3, -0.25) is 4.79 Å². The van der Waals surface area contributed by atoms with E-state index in [1.807, 2.05) is 0 Å². The van der Waals surface area contributed by atoms with Gasteiger partial charge in [0.15, 0.2) is 0 Å². The number of methoxy groups -OCH3 is 1. The summed E-state index contributed by atoms with van der Waals surface area (Å²) < 4.78 is 5.01. The lowest BCUT2D eigenvalue weighted by Gasteiger charge is -2.58. The van der Waals surface area contributed by atoms with E-state index in [9.17, 15) is 9.59 Å². The predicted molar refractivity (Wildman–Crippen MR) is 140 cm³/mol. The molecule has 7 unspecified atom stereocenters. The van der Waals surface area contributed by atoms with Crippen LogP contribution in [-0.4, -0.2) is 19.4 Å². The van der Waals surface area contributed by atoms with Crippen molar-refractivity contribution in [2.45, 2.75) is 119 Å². The lowest BCUT2D eigenvalue weighted by Crippen LogP contribution is -2.49. The van der Waals surface area contributed by atoms with E-state index < -0.39 is 0 Å². The van der Waals surface area contributed by atoms with Crippen LogP contribution in [0.25, 0.3) is 0 Å². The first kappa shape index (κ1) is 27.5. The molecule has 0 aliphatic heterocycles. The minimum absolute atomic E-state index is 0.0233. The zero-order chi connectivity index (χ0) is 25.3. The number of aldehydes is 1. The van der Waals surface area contributed by atoms with Crippen molar-refractivity contribution in [2.24, 2.45) is 45.8 Å². The summed E-state index contributed by atoms with van der Waals surface area (Å²) in [5.74, 6) is 2.58. The van der Waals surface area contributed by atoms with E-state index in [2.05, 4.69) is 48.5 Å². The summed E-state index contributed by atoms with van der Waals surface area (Å²) in [6.07, 6.45) is 13.7. The molecule has 0 aromatic heterocycles. The van der Waals surface area contributed by atoms with Crippen molar-refractivity contribution in [3.63, 3.8) is 0 Å². The summed E-state index contributed by atoms with van der Waals surface area (Å²) >= 11 is 0. The summed E-state index contributed by atoms with van der Waals surface area (Å²) in [6, 6.07) is 0. The van der Waals surface area contributed by atoms with Crippen molar-refractivity contribution in [3.8, 4) is 0 Å². The number of fused-ring (bicyclic) bond motifs is 2. The molecule has 0 spiro atoms. The molecule has 1 fully saturated rings. The van der Waals surface area contributed by atoms with Gasteiger partial charge in [0.2, 0.25) is 0 Å². The van der Waals surface area contributed by atoms with Gasteiger partial charge in [-0.1, -0.05) is 78.9 Å². The zero-order valence-electron chi connectivity index (χ0n) is 23.5. The third-order valence-corrected chi connectivity index (χ3v) is 11.2. The fourth-order valence-corrected chi connectivity index (χ4v) is 8.88. The minimum Gasteiger partial charge on any atom is -0.469 e. The van der Waals surface area contributed by atoms with Crippen LogP contribution >= 0.6 is 0 Å². The van der Waals surface area contributed by atoms with Crippen LogP contribution in [0.2, 0.25) is 0 Å². The Labute approximate surface area is 209 Å². The molecule has 0 bridgehead atoms. The second-order valence-corrected chi connectivity index (χ2v) is 13.3. The molecule has 0 aromatic carbocycles. The molecule has 3 nitrogen and oxygen atoms in total. The normalized spacial score (nSPS) is 37.2. The van der Waals surface area contributed by atoms with E-state index in [1.54, 1.807) is 11.1 Å². The van der Waals surface area contributed by atoms with Gasteiger partial charge in [0.25, 0.3) is 0 Å². The van der Waals surface area contributed by atoms with Crippen molar-refractivity contribution in [1.29, 1.82) is 0 Å². The second kappa shape index (κ2) is 10.5. The minimum atomic E-state index is -0.130. The van der Waals surface area contributed by atoms with Crippen molar-refractivity contribution in [1.82, 2.24) is 0 Å². The Balaban J connectivity index is 1.93. The van der Waals surface area contributed by atoms with Gasteiger partial charge in [-0.15, -0.1) is 0 Å². The van der Waals surface area contributed by atoms with Gasteiger partial charge in [0, 0.05) is 12.3 Å². The lowest BCUT2D eigenvalue weighted by molar-refractivity contribution is -0.141. The molecule has 34 heavy (non-hydrogen) atoms. The molecule has 7 atom stereocenters. The molecule has 1 saturated carbocycles. The van der Waals surface area contributed by atoms with E-state index in [0.29, 0.717) is 17.8 Å². The molecule has 194 valence electrons. The number of allylic oxidation sites excluding steroid dienone is 2. The highest BCUT2D eigenvalue weighted by molar-refractivity contribution is 5.69. The first-order chi connectivity index (χ1) is 15.9. The maximum absolute atomic E-state index is 12.1. The molecule has 3 rings (SSSR count). The maximum Gasteiger partial charge on any atom is 0.305 e. The highest BCUT2D eigenvalue weighted by Crippen LogP contribution is 2.71. The van der Waals surface area contributed by atoms with Gasteiger partial charge in [-0.05, 0) is 84.9 Å². The molecule has 0 aromatic rings. The third-order valence-electron chi connectivity index (χ3n) is 11.2. The number of rotatable bonds is 10. The van der Waals surface area contributed by atoms with Crippen LogP contribution < -0.4 is 0 Å². The average molecular weight is 473 g/mol. The maximum atomic E-state index is 12.1. The summed E-state index contributed by atoms with van der Waals surface area (Å²) in [5, 5.41) is 0. The molecule has 0 amide bonds. The van der Waals surface area contributed by atoms with Gasteiger partial charge in [0.1, 0.15) is 6.29 Å². The summed E-state index contributed by atoms with van der Waals surface area (Å²) in [4.78, 5) is 24.0. The number of carbonyl (C=O) groups is 2. The summed E-state index contributed by atoms with van der Waals surface area (Å²) in [5.41, 5.74) is 3.83. The number of hydrogen-bond acceptors (Lipinski definition) is 3. The Morgan fingerprint density at radius 3 is 2.32 bits per heavy atom. The number of hydrogen-bond donors (Lipinski definition) is 0. The topological polar surface area (TPSA) is 43.4 Å². The van der Waals surface area contributed by atoms with Gasteiger partial charge >= 0.3 is 5.97 Å². The average Bonchev–Trinajstić information content (AvgIpc) is 3.08. The number of esters is 1. The van der Waals surface area contributed by atoms with E-state index in [-0.39, 0.29) is 22.7 Å². The van der Waals surface area contributed by atoms with Crippen LogP contribution in [0, 0.1) is 45.8 Å². The predicted octanol–water partition coefficient (Wildman–Crippen LogP) is 8.17.